The van der Waals surface area contributed by atoms with Crippen LogP contribution >= 0.6 is 11.3 Å². The van der Waals surface area contributed by atoms with Crippen LogP contribution in [-0.4, -0.2) is 15.1 Å². The van der Waals surface area contributed by atoms with Crippen LogP contribution in [0.3, 0.4) is 0 Å². The second kappa shape index (κ2) is 5.09. The number of non-ortho nitro benzene ring substituents is 1. The Kier molecular flexibility index (Phi) is 3.52. The Morgan fingerprint density at radius 3 is 2.50 bits per heavy atom. The fourth-order valence-electron chi connectivity index (χ4n) is 1.51. The molecule has 0 aliphatic carbocycles. The van der Waals surface area contributed by atoms with Crippen molar-refractivity contribution in [3.05, 3.63) is 45.0 Å². The lowest BCUT2D eigenvalue weighted by Gasteiger charge is -2.12. The zero-order valence-corrected chi connectivity index (χ0v) is 10.8. The highest BCUT2D eigenvalue weighted by Crippen LogP contribution is 2.23. The lowest BCUT2D eigenvalue weighted by Crippen LogP contribution is -2.06. The first-order chi connectivity index (χ1) is 8.56. The molecule has 0 fully saturated rings. The van der Waals surface area contributed by atoms with Gasteiger partial charge in [0, 0.05) is 12.1 Å². The Labute approximate surface area is 108 Å². The molecule has 1 aromatic carbocycles. The molecular weight excluding hydrogens is 252 g/mol. The van der Waals surface area contributed by atoms with E-state index in [1.807, 2.05) is 13.8 Å². The molecule has 0 spiro atoms. The number of nitro groups is 1. The monoisotopic (exact) mass is 264 g/mol. The van der Waals surface area contributed by atoms with E-state index in [1.54, 1.807) is 12.1 Å². The maximum absolute atomic E-state index is 10.5. The fourth-order valence-corrected chi connectivity index (χ4v) is 2.19. The maximum atomic E-state index is 10.5. The lowest BCUT2D eigenvalue weighted by atomic mass is 10.1. The van der Waals surface area contributed by atoms with Gasteiger partial charge >= 0.3 is 0 Å². The van der Waals surface area contributed by atoms with Gasteiger partial charge in [0.15, 0.2) is 0 Å². The average Bonchev–Trinajstić information content (AvgIpc) is 2.75. The van der Waals surface area contributed by atoms with Gasteiger partial charge in [-0.25, -0.2) is 0 Å². The number of anilines is 1. The number of aryl methyl sites for hydroxylation is 1. The summed E-state index contributed by atoms with van der Waals surface area (Å²) in [6, 6.07) is 6.50. The number of nitrogens with one attached hydrogen (secondary N) is 1. The molecule has 18 heavy (non-hydrogen) atoms. The van der Waals surface area contributed by atoms with E-state index in [4.69, 9.17) is 0 Å². The molecule has 0 saturated carbocycles. The van der Waals surface area contributed by atoms with Gasteiger partial charge in [-0.2, -0.15) is 0 Å². The summed E-state index contributed by atoms with van der Waals surface area (Å²) < 4.78 is 0. The third-order valence-corrected chi connectivity index (χ3v) is 3.24. The van der Waals surface area contributed by atoms with Crippen LogP contribution in [0.25, 0.3) is 0 Å². The molecule has 2 aromatic rings. The SMILES string of the molecule is Cc1nnc(NC(C)c2ccc([N+](=O)[O-])cc2)s1. The summed E-state index contributed by atoms with van der Waals surface area (Å²) in [5.41, 5.74) is 1.06. The minimum Gasteiger partial charge on any atom is -0.354 e. The summed E-state index contributed by atoms with van der Waals surface area (Å²) in [5.74, 6) is 0. The van der Waals surface area contributed by atoms with Gasteiger partial charge in [0.2, 0.25) is 5.13 Å². The minimum atomic E-state index is -0.407. The molecule has 7 heteroatoms. The van der Waals surface area contributed by atoms with Crippen molar-refractivity contribution in [1.82, 2.24) is 10.2 Å². The molecule has 0 aliphatic heterocycles. The van der Waals surface area contributed by atoms with E-state index >= 15 is 0 Å². The first-order valence-corrected chi connectivity index (χ1v) is 6.19. The van der Waals surface area contributed by atoms with Crippen molar-refractivity contribution in [3.63, 3.8) is 0 Å². The van der Waals surface area contributed by atoms with Crippen molar-refractivity contribution >= 4 is 22.2 Å². The van der Waals surface area contributed by atoms with Gasteiger partial charge in [-0.05, 0) is 19.4 Å². The molecule has 1 heterocycles. The number of nitrogens with zero attached hydrogens (tertiary/aromatic N) is 3. The van der Waals surface area contributed by atoms with Crippen molar-refractivity contribution in [3.8, 4) is 0 Å². The van der Waals surface area contributed by atoms with Gasteiger partial charge in [-0.3, -0.25) is 10.1 Å². The van der Waals surface area contributed by atoms with Crippen molar-refractivity contribution in [2.45, 2.75) is 19.9 Å². The summed E-state index contributed by atoms with van der Waals surface area (Å²) in [6.07, 6.45) is 0. The number of rotatable bonds is 4. The van der Waals surface area contributed by atoms with Gasteiger partial charge in [-0.15, -0.1) is 10.2 Å². The van der Waals surface area contributed by atoms with Crippen LogP contribution in [0, 0.1) is 17.0 Å². The van der Waals surface area contributed by atoms with Gasteiger partial charge in [0.25, 0.3) is 5.69 Å². The van der Waals surface area contributed by atoms with Crippen molar-refractivity contribution < 1.29 is 4.92 Å². The second-order valence-corrected chi connectivity index (χ2v) is 5.02. The van der Waals surface area contributed by atoms with Crippen LogP contribution < -0.4 is 5.32 Å². The zero-order chi connectivity index (χ0) is 13.1. The molecule has 0 aliphatic rings. The average molecular weight is 264 g/mol. The van der Waals surface area contributed by atoms with E-state index in [1.165, 1.54) is 23.5 Å². The fraction of sp³-hybridized carbons (Fsp3) is 0.273. The molecule has 94 valence electrons. The molecule has 0 radical (unpaired) electrons. The normalized spacial score (nSPS) is 12.1. The van der Waals surface area contributed by atoms with E-state index in [2.05, 4.69) is 15.5 Å². The lowest BCUT2D eigenvalue weighted by molar-refractivity contribution is -0.384. The van der Waals surface area contributed by atoms with Gasteiger partial charge in [-0.1, -0.05) is 23.5 Å². The van der Waals surface area contributed by atoms with Crippen LogP contribution in [0.4, 0.5) is 10.8 Å². The van der Waals surface area contributed by atoms with Crippen molar-refractivity contribution in [2.24, 2.45) is 0 Å². The number of hydrogen-bond donors (Lipinski definition) is 1. The number of aromatic nitrogens is 2. The second-order valence-electron chi connectivity index (χ2n) is 3.84. The van der Waals surface area contributed by atoms with E-state index in [-0.39, 0.29) is 11.7 Å². The predicted molar refractivity (Wildman–Crippen MR) is 69.8 cm³/mol. The molecule has 1 unspecified atom stereocenters. The summed E-state index contributed by atoms with van der Waals surface area (Å²) in [7, 11) is 0. The van der Waals surface area contributed by atoms with Crippen LogP contribution in [0.2, 0.25) is 0 Å². The predicted octanol–water partition coefficient (Wildman–Crippen LogP) is 2.93. The summed E-state index contributed by atoms with van der Waals surface area (Å²) >= 11 is 1.48. The summed E-state index contributed by atoms with van der Waals surface area (Å²) in [5, 5.41) is 23.3. The zero-order valence-electron chi connectivity index (χ0n) is 9.95. The van der Waals surface area contributed by atoms with E-state index < -0.39 is 4.92 Å². The van der Waals surface area contributed by atoms with Crippen molar-refractivity contribution in [1.29, 1.82) is 0 Å². The van der Waals surface area contributed by atoms with Crippen molar-refractivity contribution in [2.75, 3.05) is 5.32 Å². The van der Waals surface area contributed by atoms with Crippen LogP contribution in [0.5, 0.6) is 0 Å². The standard InChI is InChI=1S/C11H12N4O2S/c1-7(12-11-14-13-8(2)18-11)9-3-5-10(6-4-9)15(16)17/h3-7H,1-2H3,(H,12,14). The molecule has 0 amide bonds. The van der Waals surface area contributed by atoms with E-state index in [0.717, 1.165) is 15.7 Å². The molecule has 1 atom stereocenters. The molecule has 2 rings (SSSR count). The quantitative estimate of drug-likeness (QED) is 0.678. The molecule has 1 N–H and O–H groups in total. The Balaban J connectivity index is 2.09. The number of nitro benzene ring substituents is 1. The Hall–Kier alpha value is -2.02. The molecule has 1 aromatic heterocycles. The molecule has 0 saturated heterocycles. The summed E-state index contributed by atoms with van der Waals surface area (Å²) in [6.45, 7) is 3.86. The van der Waals surface area contributed by atoms with Crippen LogP contribution in [0.15, 0.2) is 24.3 Å². The van der Waals surface area contributed by atoms with Gasteiger partial charge in [0.05, 0.1) is 11.0 Å². The van der Waals surface area contributed by atoms with E-state index in [0.29, 0.717) is 0 Å². The molecular formula is C11H12N4O2S. The van der Waals surface area contributed by atoms with Gasteiger partial charge in [0.1, 0.15) is 5.01 Å². The van der Waals surface area contributed by atoms with Crippen LogP contribution in [-0.2, 0) is 0 Å². The Morgan fingerprint density at radius 1 is 1.33 bits per heavy atom. The Morgan fingerprint density at radius 2 is 2.00 bits per heavy atom. The highest BCUT2D eigenvalue weighted by atomic mass is 32.1. The van der Waals surface area contributed by atoms with Gasteiger partial charge < -0.3 is 5.32 Å². The topological polar surface area (TPSA) is 81.0 Å². The Bertz CT molecular complexity index is 552. The maximum Gasteiger partial charge on any atom is 0.269 e. The number of hydrogen-bond acceptors (Lipinski definition) is 6. The third kappa shape index (κ3) is 2.80. The first-order valence-electron chi connectivity index (χ1n) is 5.37. The highest BCUT2D eigenvalue weighted by Gasteiger charge is 2.10. The smallest absolute Gasteiger partial charge is 0.269 e. The summed E-state index contributed by atoms with van der Waals surface area (Å²) in [4.78, 5) is 10.1. The van der Waals surface area contributed by atoms with E-state index in [9.17, 15) is 10.1 Å². The highest BCUT2D eigenvalue weighted by molar-refractivity contribution is 7.15. The van der Waals surface area contributed by atoms with Crippen LogP contribution in [0.1, 0.15) is 23.5 Å². The molecule has 6 nitrogen and oxygen atoms in total. The third-order valence-electron chi connectivity index (χ3n) is 2.47. The minimum absolute atomic E-state index is 0.0261. The molecule has 0 bridgehead atoms. The first kappa shape index (κ1) is 12.4. The number of benzene rings is 1. The largest absolute Gasteiger partial charge is 0.354 e.